The van der Waals surface area contributed by atoms with E-state index < -0.39 is 30.8 Å². The van der Waals surface area contributed by atoms with Crippen molar-refractivity contribution in [3.63, 3.8) is 0 Å². The van der Waals surface area contributed by atoms with E-state index in [4.69, 9.17) is 5.26 Å². The molecule has 0 aromatic heterocycles. The predicted octanol–water partition coefficient (Wildman–Crippen LogP) is 0.774. The molecule has 0 aromatic rings. The Balaban J connectivity index is 2.85. The van der Waals surface area contributed by atoms with Crippen LogP contribution >= 0.6 is 0 Å². The van der Waals surface area contributed by atoms with Gasteiger partial charge in [-0.3, -0.25) is 0 Å². The summed E-state index contributed by atoms with van der Waals surface area (Å²) in [6.07, 6.45) is 2.93. The normalized spacial score (nSPS) is 29.7. The minimum absolute atomic E-state index is 0.271. The van der Waals surface area contributed by atoms with Crippen molar-refractivity contribution >= 4 is 19.7 Å². The fourth-order valence-corrected chi connectivity index (χ4v) is 6.05. The van der Waals surface area contributed by atoms with Crippen molar-refractivity contribution in [1.82, 2.24) is 0 Å². The summed E-state index contributed by atoms with van der Waals surface area (Å²) in [6.45, 7) is 1.96. The van der Waals surface area contributed by atoms with Crippen molar-refractivity contribution < 1.29 is 16.8 Å². The molecule has 1 aliphatic carbocycles. The molecular formula is C11H19NO4S2. The zero-order valence-corrected chi connectivity index (χ0v) is 12.3. The van der Waals surface area contributed by atoms with Gasteiger partial charge in [0.25, 0.3) is 0 Å². The molecule has 18 heavy (non-hydrogen) atoms. The van der Waals surface area contributed by atoms with Crippen LogP contribution in [0.15, 0.2) is 0 Å². The molecule has 0 aliphatic heterocycles. The summed E-state index contributed by atoms with van der Waals surface area (Å²) in [5.74, 6) is -0.960. The van der Waals surface area contributed by atoms with E-state index in [0.29, 0.717) is 12.8 Å². The maximum atomic E-state index is 12.1. The third-order valence-electron chi connectivity index (χ3n) is 3.42. The molecule has 0 bridgehead atoms. The first-order valence-electron chi connectivity index (χ1n) is 5.94. The first-order chi connectivity index (χ1) is 8.15. The monoisotopic (exact) mass is 293 g/mol. The number of nitriles is 1. The van der Waals surface area contributed by atoms with Crippen molar-refractivity contribution in [2.75, 3.05) is 17.8 Å². The number of nitrogens with zero attached hydrogens (tertiary/aromatic N) is 1. The highest BCUT2D eigenvalue weighted by Gasteiger charge is 2.38. The summed E-state index contributed by atoms with van der Waals surface area (Å²) >= 11 is 0. The third kappa shape index (κ3) is 4.25. The van der Waals surface area contributed by atoms with Gasteiger partial charge in [0.2, 0.25) is 0 Å². The highest BCUT2D eigenvalue weighted by molar-refractivity contribution is 7.95. The third-order valence-corrected chi connectivity index (χ3v) is 6.84. The maximum absolute atomic E-state index is 12.1. The number of rotatable bonds is 4. The van der Waals surface area contributed by atoms with E-state index in [0.717, 1.165) is 12.7 Å². The number of sulfone groups is 2. The van der Waals surface area contributed by atoms with Gasteiger partial charge in [-0.05, 0) is 25.2 Å². The highest BCUT2D eigenvalue weighted by atomic mass is 32.2. The van der Waals surface area contributed by atoms with E-state index in [-0.39, 0.29) is 17.4 Å². The quantitative estimate of drug-likeness (QED) is 0.763. The Morgan fingerprint density at radius 3 is 2.28 bits per heavy atom. The van der Waals surface area contributed by atoms with Gasteiger partial charge in [0, 0.05) is 6.26 Å². The predicted molar refractivity (Wildman–Crippen MR) is 69.4 cm³/mol. The van der Waals surface area contributed by atoms with Gasteiger partial charge < -0.3 is 0 Å². The summed E-state index contributed by atoms with van der Waals surface area (Å²) in [6, 6.07) is 2.05. The van der Waals surface area contributed by atoms with Gasteiger partial charge in [-0.15, -0.1) is 0 Å². The van der Waals surface area contributed by atoms with Gasteiger partial charge >= 0.3 is 0 Å². The Hall–Kier alpha value is -0.610. The smallest absolute Gasteiger partial charge is 0.155 e. The Labute approximate surface area is 109 Å². The summed E-state index contributed by atoms with van der Waals surface area (Å²) in [5, 5.41) is 8.31. The van der Waals surface area contributed by atoms with Crippen LogP contribution in [0, 0.1) is 23.2 Å². The lowest BCUT2D eigenvalue weighted by Crippen LogP contribution is -2.37. The standard InChI is InChI=1S/C11H19NO4S2/c1-9-3-4-10(8-12)11(7-9)18(15,16)6-5-17(2,13)14/h9-11H,3-7H2,1-2H3. The van der Waals surface area contributed by atoms with Gasteiger partial charge in [0.05, 0.1) is 28.7 Å². The van der Waals surface area contributed by atoms with E-state index in [1.807, 2.05) is 13.0 Å². The molecule has 3 atom stereocenters. The molecule has 0 aromatic carbocycles. The second-order valence-corrected chi connectivity index (χ2v) is 9.79. The molecule has 0 spiro atoms. The average molecular weight is 293 g/mol. The molecule has 0 saturated heterocycles. The zero-order valence-electron chi connectivity index (χ0n) is 10.7. The average Bonchev–Trinajstić information content (AvgIpc) is 2.26. The summed E-state index contributed by atoms with van der Waals surface area (Å²) in [5.41, 5.74) is 0. The van der Waals surface area contributed by atoms with Crippen LogP contribution in [0.25, 0.3) is 0 Å². The van der Waals surface area contributed by atoms with Crippen molar-refractivity contribution in [3.8, 4) is 6.07 Å². The zero-order chi connectivity index (χ0) is 14.0. The molecule has 1 rings (SSSR count). The van der Waals surface area contributed by atoms with E-state index >= 15 is 0 Å². The van der Waals surface area contributed by atoms with Crippen LogP contribution in [0.2, 0.25) is 0 Å². The maximum Gasteiger partial charge on any atom is 0.155 e. The Kier molecular flexibility index (Phi) is 4.78. The molecule has 1 saturated carbocycles. The molecule has 7 heteroatoms. The van der Waals surface area contributed by atoms with Crippen molar-refractivity contribution in [2.24, 2.45) is 11.8 Å². The Morgan fingerprint density at radius 2 is 1.78 bits per heavy atom. The van der Waals surface area contributed by atoms with Gasteiger partial charge in [-0.25, -0.2) is 16.8 Å². The summed E-state index contributed by atoms with van der Waals surface area (Å²) in [7, 11) is -6.81. The van der Waals surface area contributed by atoms with E-state index in [1.54, 1.807) is 0 Å². The second kappa shape index (κ2) is 5.57. The van der Waals surface area contributed by atoms with Crippen LogP contribution in [-0.4, -0.2) is 39.8 Å². The lowest BCUT2D eigenvalue weighted by Gasteiger charge is -2.30. The SMILES string of the molecule is CC1CCC(C#N)C(S(=O)(=O)CCS(C)(=O)=O)C1. The van der Waals surface area contributed by atoms with Crippen LogP contribution in [0.5, 0.6) is 0 Å². The summed E-state index contributed by atoms with van der Waals surface area (Å²) in [4.78, 5) is 0. The molecular weight excluding hydrogens is 274 g/mol. The molecule has 0 N–H and O–H groups in total. The molecule has 1 fully saturated rings. The van der Waals surface area contributed by atoms with Crippen LogP contribution < -0.4 is 0 Å². The number of hydrogen-bond acceptors (Lipinski definition) is 5. The fraction of sp³-hybridized carbons (Fsp3) is 0.909. The molecule has 3 unspecified atom stereocenters. The van der Waals surface area contributed by atoms with Crippen molar-refractivity contribution in [2.45, 2.75) is 31.4 Å². The Morgan fingerprint density at radius 1 is 1.17 bits per heavy atom. The first kappa shape index (κ1) is 15.4. The van der Waals surface area contributed by atoms with Crippen LogP contribution in [0.3, 0.4) is 0 Å². The van der Waals surface area contributed by atoms with Crippen molar-refractivity contribution in [1.29, 1.82) is 5.26 Å². The van der Waals surface area contributed by atoms with Crippen LogP contribution in [-0.2, 0) is 19.7 Å². The topological polar surface area (TPSA) is 92.1 Å². The van der Waals surface area contributed by atoms with Gasteiger partial charge in [-0.2, -0.15) is 5.26 Å². The molecule has 0 amide bonds. The summed E-state index contributed by atoms with van der Waals surface area (Å²) < 4.78 is 46.4. The fourth-order valence-electron chi connectivity index (χ4n) is 2.29. The molecule has 5 nitrogen and oxygen atoms in total. The highest BCUT2D eigenvalue weighted by Crippen LogP contribution is 2.33. The largest absolute Gasteiger partial charge is 0.229 e. The Bertz CT molecular complexity index is 530. The van der Waals surface area contributed by atoms with Gasteiger partial charge in [0.15, 0.2) is 9.84 Å². The molecule has 1 aliphatic rings. The molecule has 104 valence electrons. The second-order valence-electron chi connectivity index (χ2n) is 5.19. The minimum Gasteiger partial charge on any atom is -0.229 e. The lowest BCUT2D eigenvalue weighted by atomic mass is 9.83. The van der Waals surface area contributed by atoms with E-state index in [9.17, 15) is 16.8 Å². The van der Waals surface area contributed by atoms with Crippen LogP contribution in [0.1, 0.15) is 26.2 Å². The van der Waals surface area contributed by atoms with Gasteiger partial charge in [-0.1, -0.05) is 6.92 Å². The lowest BCUT2D eigenvalue weighted by molar-refractivity contribution is 0.335. The van der Waals surface area contributed by atoms with Gasteiger partial charge in [0.1, 0.15) is 9.84 Å². The van der Waals surface area contributed by atoms with E-state index in [2.05, 4.69) is 0 Å². The van der Waals surface area contributed by atoms with Crippen molar-refractivity contribution in [3.05, 3.63) is 0 Å². The first-order valence-corrected chi connectivity index (χ1v) is 9.72. The minimum atomic E-state index is -3.51. The number of hydrogen-bond donors (Lipinski definition) is 0. The van der Waals surface area contributed by atoms with E-state index in [1.165, 1.54) is 0 Å². The molecule has 0 radical (unpaired) electrons. The molecule has 0 heterocycles. The van der Waals surface area contributed by atoms with Crippen LogP contribution in [0.4, 0.5) is 0 Å².